The number of rotatable bonds is 6. The van der Waals surface area contributed by atoms with E-state index in [-0.39, 0.29) is 30.6 Å². The van der Waals surface area contributed by atoms with Gasteiger partial charge in [-0.1, -0.05) is 0 Å². The van der Waals surface area contributed by atoms with E-state index in [1.807, 2.05) is 0 Å². The van der Waals surface area contributed by atoms with Crippen molar-refractivity contribution in [3.8, 4) is 23.1 Å². The fourth-order valence-electron chi connectivity index (χ4n) is 3.28. The molecule has 0 radical (unpaired) electrons. The Morgan fingerprint density at radius 3 is 2.57 bits per heavy atom. The third-order valence-corrected chi connectivity index (χ3v) is 5.00. The molecular formula is C20H18FN3O4. The third kappa shape index (κ3) is 3.37. The highest BCUT2D eigenvalue weighted by atomic mass is 19.1. The lowest BCUT2D eigenvalue weighted by Gasteiger charge is -2.41. The first-order valence-corrected chi connectivity index (χ1v) is 9.21. The van der Waals surface area contributed by atoms with E-state index < -0.39 is 5.67 Å². The molecule has 1 N–H and O–H groups in total. The van der Waals surface area contributed by atoms with E-state index in [1.54, 1.807) is 36.7 Å². The molecule has 2 fully saturated rings. The summed E-state index contributed by atoms with van der Waals surface area (Å²) in [6.45, 7) is 0. The molecule has 3 heterocycles. The molecule has 2 aliphatic carbocycles. The van der Waals surface area contributed by atoms with Gasteiger partial charge in [-0.3, -0.25) is 4.79 Å². The zero-order chi connectivity index (χ0) is 19.1. The van der Waals surface area contributed by atoms with Gasteiger partial charge in [-0.25, -0.2) is 14.4 Å². The van der Waals surface area contributed by atoms with Crippen molar-refractivity contribution in [1.29, 1.82) is 0 Å². The van der Waals surface area contributed by atoms with Gasteiger partial charge in [0.05, 0.1) is 6.07 Å². The zero-order valence-corrected chi connectivity index (χ0v) is 14.9. The molecule has 7 nitrogen and oxygen atoms in total. The van der Waals surface area contributed by atoms with Crippen LogP contribution in [0.4, 0.5) is 4.39 Å². The second-order valence-electron chi connectivity index (χ2n) is 7.28. The minimum atomic E-state index is -1.44. The van der Waals surface area contributed by atoms with Gasteiger partial charge in [-0.05, 0) is 30.5 Å². The van der Waals surface area contributed by atoms with E-state index >= 15 is 4.39 Å². The minimum Gasteiger partial charge on any atom is -0.474 e. The number of hydrogen-bond acceptors (Lipinski definition) is 6. The molecule has 0 amide bonds. The first-order chi connectivity index (χ1) is 13.6. The second kappa shape index (κ2) is 6.47. The average molecular weight is 383 g/mol. The van der Waals surface area contributed by atoms with Crippen molar-refractivity contribution in [3.05, 3.63) is 58.6 Å². The Labute approximate surface area is 159 Å². The molecule has 3 aromatic rings. The van der Waals surface area contributed by atoms with E-state index in [0.717, 1.165) is 12.8 Å². The fraction of sp³-hybridized carbons (Fsp3) is 0.350. The summed E-state index contributed by atoms with van der Waals surface area (Å²) in [5, 5.41) is 2.23. The number of ether oxygens (including phenoxy) is 2. The predicted octanol–water partition coefficient (Wildman–Crippen LogP) is 3.37. The third-order valence-electron chi connectivity index (χ3n) is 5.00. The highest BCUT2D eigenvalue weighted by molar-refractivity contribution is 5.55. The summed E-state index contributed by atoms with van der Waals surface area (Å²) in [4.78, 5) is 19.5. The van der Waals surface area contributed by atoms with Crippen LogP contribution in [0, 0.1) is 0 Å². The first-order valence-electron chi connectivity index (χ1n) is 9.21. The Morgan fingerprint density at radius 2 is 1.89 bits per heavy atom. The Bertz CT molecular complexity index is 1040. The van der Waals surface area contributed by atoms with Crippen LogP contribution in [0.1, 0.15) is 31.2 Å². The normalized spacial score (nSPS) is 23.8. The van der Waals surface area contributed by atoms with Crippen molar-refractivity contribution < 1.29 is 18.4 Å². The van der Waals surface area contributed by atoms with Gasteiger partial charge in [0.1, 0.15) is 17.9 Å². The number of nitrogens with zero attached hydrogens (tertiary/aromatic N) is 2. The van der Waals surface area contributed by atoms with Crippen molar-refractivity contribution in [1.82, 2.24) is 15.1 Å². The molecule has 0 aromatic carbocycles. The smallest absolute Gasteiger partial charge is 0.280 e. The van der Waals surface area contributed by atoms with Crippen LogP contribution in [0.5, 0.6) is 11.8 Å². The van der Waals surface area contributed by atoms with E-state index in [0.29, 0.717) is 28.6 Å². The molecule has 0 spiro atoms. The molecule has 5 rings (SSSR count). The van der Waals surface area contributed by atoms with Crippen LogP contribution in [-0.2, 0) is 5.67 Å². The van der Waals surface area contributed by atoms with Crippen LogP contribution < -0.4 is 15.0 Å². The molecule has 2 aliphatic rings. The van der Waals surface area contributed by atoms with Crippen LogP contribution >= 0.6 is 0 Å². The minimum absolute atomic E-state index is 0.226. The Hall–Kier alpha value is -3.16. The van der Waals surface area contributed by atoms with Gasteiger partial charge in [0, 0.05) is 42.9 Å². The summed E-state index contributed by atoms with van der Waals surface area (Å²) >= 11 is 0. The number of H-pyrrole nitrogens is 1. The van der Waals surface area contributed by atoms with Crippen molar-refractivity contribution in [2.45, 2.75) is 43.6 Å². The second-order valence-corrected chi connectivity index (χ2v) is 7.28. The maximum absolute atomic E-state index is 15.2. The number of nitrogens with one attached hydrogen (secondary N) is 1. The topological polar surface area (TPSA) is 90.2 Å². The van der Waals surface area contributed by atoms with Gasteiger partial charge in [-0.2, -0.15) is 5.16 Å². The van der Waals surface area contributed by atoms with Gasteiger partial charge in [0.2, 0.25) is 11.8 Å². The summed E-state index contributed by atoms with van der Waals surface area (Å²) in [7, 11) is 0. The van der Waals surface area contributed by atoms with Crippen LogP contribution in [-0.4, -0.2) is 27.3 Å². The lowest BCUT2D eigenvalue weighted by atomic mass is 9.74. The number of halogens is 1. The highest BCUT2D eigenvalue weighted by Gasteiger charge is 2.48. The first kappa shape index (κ1) is 17.0. The summed E-state index contributed by atoms with van der Waals surface area (Å²) in [6, 6.07) is 8.13. The molecule has 0 saturated heterocycles. The lowest BCUT2D eigenvalue weighted by molar-refractivity contribution is -0.0487. The standard InChI is InChI=1S/C20H18FN3O4/c21-20(13-5-6-22-19(7-13)26-14-2-3-14)9-15(10-20)27-18-4-1-12(11-23-18)16-8-17(25)24-28-16/h1,4-8,11,14-15H,2-3,9-10H2,(H,24,25). The number of aromatic nitrogens is 3. The van der Waals surface area contributed by atoms with Gasteiger partial charge >= 0.3 is 0 Å². The number of alkyl halides is 1. The van der Waals surface area contributed by atoms with Crippen LogP contribution in [0.3, 0.4) is 0 Å². The lowest BCUT2D eigenvalue weighted by Crippen LogP contribution is -2.44. The maximum atomic E-state index is 15.2. The molecule has 0 bridgehead atoms. The van der Waals surface area contributed by atoms with Crippen molar-refractivity contribution >= 4 is 0 Å². The van der Waals surface area contributed by atoms with Gasteiger partial charge in [0.15, 0.2) is 5.76 Å². The summed E-state index contributed by atoms with van der Waals surface area (Å²) in [5.74, 6) is 1.29. The molecule has 3 aromatic heterocycles. The van der Waals surface area contributed by atoms with E-state index in [4.69, 9.17) is 14.0 Å². The fourth-order valence-corrected chi connectivity index (χ4v) is 3.28. The zero-order valence-electron chi connectivity index (χ0n) is 14.9. The van der Waals surface area contributed by atoms with E-state index in [9.17, 15) is 4.79 Å². The van der Waals surface area contributed by atoms with Gasteiger partial charge < -0.3 is 14.0 Å². The number of hydrogen-bond donors (Lipinski definition) is 1. The molecule has 28 heavy (non-hydrogen) atoms. The Balaban J connectivity index is 1.21. The Kier molecular flexibility index (Phi) is 3.92. The predicted molar refractivity (Wildman–Crippen MR) is 96.9 cm³/mol. The maximum Gasteiger partial charge on any atom is 0.280 e. The SMILES string of the molecule is O=c1cc(-c2ccc(OC3CC(F)(c4ccnc(OC5CC5)c4)C3)nc2)o[nH]1. The molecule has 0 aliphatic heterocycles. The van der Waals surface area contributed by atoms with Crippen molar-refractivity contribution in [2.75, 3.05) is 0 Å². The number of pyridine rings is 2. The number of aromatic amines is 1. The van der Waals surface area contributed by atoms with Gasteiger partial charge in [-0.15, -0.1) is 0 Å². The van der Waals surface area contributed by atoms with E-state index in [1.165, 1.54) is 6.07 Å². The van der Waals surface area contributed by atoms with Gasteiger partial charge in [0.25, 0.3) is 5.56 Å². The summed E-state index contributed by atoms with van der Waals surface area (Å²) in [6.07, 6.45) is 5.66. The molecule has 2 saturated carbocycles. The molecular weight excluding hydrogens is 365 g/mol. The van der Waals surface area contributed by atoms with Crippen molar-refractivity contribution in [3.63, 3.8) is 0 Å². The quantitative estimate of drug-likeness (QED) is 0.702. The van der Waals surface area contributed by atoms with Crippen molar-refractivity contribution in [2.24, 2.45) is 0 Å². The average Bonchev–Trinajstić information content (AvgIpc) is 3.38. The Morgan fingerprint density at radius 1 is 1.07 bits per heavy atom. The van der Waals surface area contributed by atoms with Crippen LogP contribution in [0.25, 0.3) is 11.3 Å². The molecule has 0 unspecified atom stereocenters. The molecule has 144 valence electrons. The monoisotopic (exact) mass is 383 g/mol. The largest absolute Gasteiger partial charge is 0.474 e. The molecule has 0 atom stereocenters. The summed E-state index contributed by atoms with van der Waals surface area (Å²) < 4.78 is 31.6. The van der Waals surface area contributed by atoms with E-state index in [2.05, 4.69) is 15.1 Å². The summed E-state index contributed by atoms with van der Waals surface area (Å²) in [5.41, 5.74) is -0.530. The highest BCUT2D eigenvalue weighted by Crippen LogP contribution is 2.47. The molecule has 8 heteroatoms. The van der Waals surface area contributed by atoms with Crippen LogP contribution in [0.15, 0.2) is 52.0 Å². The van der Waals surface area contributed by atoms with Crippen LogP contribution in [0.2, 0.25) is 0 Å².